The zero-order valence-corrected chi connectivity index (χ0v) is 13.8. The SMILES string of the molecule is CCC(C)c1ccc(NC(N)=NCc2ccccc2CO)cc1. The van der Waals surface area contributed by atoms with Crippen molar-refractivity contribution in [3.8, 4) is 0 Å². The number of nitrogens with one attached hydrogen (secondary N) is 1. The summed E-state index contributed by atoms with van der Waals surface area (Å²) >= 11 is 0. The molecule has 2 rings (SSSR count). The van der Waals surface area contributed by atoms with Gasteiger partial charge in [-0.15, -0.1) is 0 Å². The lowest BCUT2D eigenvalue weighted by molar-refractivity contribution is 0.280. The molecule has 122 valence electrons. The minimum absolute atomic E-state index is 0.0100. The lowest BCUT2D eigenvalue weighted by atomic mass is 9.99. The lowest BCUT2D eigenvalue weighted by Gasteiger charge is -2.11. The van der Waals surface area contributed by atoms with E-state index in [9.17, 15) is 5.11 Å². The summed E-state index contributed by atoms with van der Waals surface area (Å²) in [5.74, 6) is 0.930. The highest BCUT2D eigenvalue weighted by atomic mass is 16.3. The molecule has 4 nitrogen and oxygen atoms in total. The molecule has 2 aromatic rings. The number of aliphatic imine (C=N–C) groups is 1. The van der Waals surface area contributed by atoms with Crippen molar-refractivity contribution in [2.45, 2.75) is 39.3 Å². The fourth-order valence-corrected chi connectivity index (χ4v) is 2.35. The third-order valence-corrected chi connectivity index (χ3v) is 4.07. The average molecular weight is 311 g/mol. The number of aliphatic hydroxyl groups excluding tert-OH is 1. The second kappa shape index (κ2) is 8.34. The summed E-state index contributed by atoms with van der Waals surface area (Å²) in [6.07, 6.45) is 1.13. The maximum Gasteiger partial charge on any atom is 0.193 e. The summed E-state index contributed by atoms with van der Waals surface area (Å²) in [5, 5.41) is 12.4. The van der Waals surface area contributed by atoms with Crippen LogP contribution in [0.15, 0.2) is 53.5 Å². The van der Waals surface area contributed by atoms with Crippen molar-refractivity contribution < 1.29 is 5.11 Å². The van der Waals surface area contributed by atoms with Gasteiger partial charge < -0.3 is 16.2 Å². The van der Waals surface area contributed by atoms with E-state index in [1.165, 1.54) is 5.56 Å². The molecule has 0 aliphatic carbocycles. The van der Waals surface area contributed by atoms with Crippen molar-refractivity contribution in [3.05, 3.63) is 65.2 Å². The smallest absolute Gasteiger partial charge is 0.193 e. The zero-order valence-electron chi connectivity index (χ0n) is 13.8. The van der Waals surface area contributed by atoms with E-state index in [2.05, 4.69) is 36.3 Å². The van der Waals surface area contributed by atoms with Crippen LogP contribution in [0, 0.1) is 0 Å². The van der Waals surface area contributed by atoms with E-state index in [0.717, 1.165) is 23.2 Å². The molecule has 0 aliphatic rings. The van der Waals surface area contributed by atoms with E-state index in [4.69, 9.17) is 5.73 Å². The number of rotatable bonds is 6. The largest absolute Gasteiger partial charge is 0.392 e. The second-order valence-electron chi connectivity index (χ2n) is 5.68. The fraction of sp³-hybridized carbons (Fsp3) is 0.316. The van der Waals surface area contributed by atoms with Crippen LogP contribution in [0.3, 0.4) is 0 Å². The highest BCUT2D eigenvalue weighted by Gasteiger charge is 2.03. The van der Waals surface area contributed by atoms with Gasteiger partial charge in [-0.1, -0.05) is 50.2 Å². The number of anilines is 1. The molecule has 0 fully saturated rings. The third-order valence-electron chi connectivity index (χ3n) is 4.07. The first kappa shape index (κ1) is 17.0. The Morgan fingerprint density at radius 1 is 1.13 bits per heavy atom. The van der Waals surface area contributed by atoms with Crippen LogP contribution in [0.1, 0.15) is 42.9 Å². The van der Waals surface area contributed by atoms with Crippen LogP contribution < -0.4 is 11.1 Å². The van der Waals surface area contributed by atoms with Crippen molar-refractivity contribution >= 4 is 11.6 Å². The van der Waals surface area contributed by atoms with Crippen molar-refractivity contribution in [1.29, 1.82) is 0 Å². The topological polar surface area (TPSA) is 70.6 Å². The Hall–Kier alpha value is -2.33. The van der Waals surface area contributed by atoms with E-state index < -0.39 is 0 Å². The van der Waals surface area contributed by atoms with Gasteiger partial charge in [-0.25, -0.2) is 4.99 Å². The molecule has 2 aromatic carbocycles. The molecule has 0 heterocycles. The summed E-state index contributed by atoms with van der Waals surface area (Å²) in [6.45, 7) is 4.86. The van der Waals surface area contributed by atoms with E-state index in [1.807, 2.05) is 36.4 Å². The maximum absolute atomic E-state index is 9.31. The number of benzene rings is 2. The molecule has 1 unspecified atom stereocenters. The minimum atomic E-state index is 0.0100. The van der Waals surface area contributed by atoms with E-state index in [0.29, 0.717) is 18.4 Å². The summed E-state index contributed by atoms with van der Waals surface area (Å²) in [4.78, 5) is 4.34. The van der Waals surface area contributed by atoms with Crippen molar-refractivity contribution in [3.63, 3.8) is 0 Å². The van der Waals surface area contributed by atoms with Crippen LogP contribution >= 0.6 is 0 Å². The lowest BCUT2D eigenvalue weighted by Crippen LogP contribution is -2.22. The Balaban J connectivity index is 1.99. The molecule has 0 bridgehead atoms. The first-order valence-electron chi connectivity index (χ1n) is 7.98. The van der Waals surface area contributed by atoms with Crippen LogP contribution in [0.4, 0.5) is 5.69 Å². The first-order chi connectivity index (χ1) is 11.1. The molecule has 0 aliphatic heterocycles. The molecule has 0 aromatic heterocycles. The van der Waals surface area contributed by atoms with Gasteiger partial charge in [0.15, 0.2) is 5.96 Å². The molecule has 23 heavy (non-hydrogen) atoms. The highest BCUT2D eigenvalue weighted by Crippen LogP contribution is 2.20. The number of hydrogen-bond donors (Lipinski definition) is 3. The molecule has 0 amide bonds. The normalized spacial score (nSPS) is 12.9. The molecule has 0 saturated carbocycles. The second-order valence-corrected chi connectivity index (χ2v) is 5.68. The highest BCUT2D eigenvalue weighted by molar-refractivity contribution is 5.92. The Morgan fingerprint density at radius 2 is 1.78 bits per heavy atom. The van der Waals surface area contributed by atoms with Gasteiger partial charge in [-0.2, -0.15) is 0 Å². The van der Waals surface area contributed by atoms with E-state index in [-0.39, 0.29) is 6.61 Å². The van der Waals surface area contributed by atoms with Crippen LogP contribution in [-0.2, 0) is 13.2 Å². The van der Waals surface area contributed by atoms with Crippen LogP contribution in [0.2, 0.25) is 0 Å². The molecular weight excluding hydrogens is 286 g/mol. The standard InChI is InChI=1S/C19H25N3O/c1-3-14(2)15-8-10-18(11-9-15)22-19(20)21-12-16-6-4-5-7-17(16)13-23/h4-11,14,23H,3,12-13H2,1-2H3,(H3,20,21,22). The van der Waals surface area contributed by atoms with Gasteiger partial charge in [-0.3, -0.25) is 0 Å². The molecule has 4 N–H and O–H groups in total. The summed E-state index contributed by atoms with van der Waals surface area (Å²) in [6, 6.07) is 15.9. The third kappa shape index (κ3) is 4.83. The summed E-state index contributed by atoms with van der Waals surface area (Å²) in [5.41, 5.74) is 10.1. The Bertz CT molecular complexity index is 650. The maximum atomic E-state index is 9.31. The first-order valence-corrected chi connectivity index (χ1v) is 7.98. The van der Waals surface area contributed by atoms with Gasteiger partial charge in [-0.05, 0) is 41.2 Å². The number of aliphatic hydroxyl groups is 1. The number of nitrogens with two attached hydrogens (primary N) is 1. The monoisotopic (exact) mass is 311 g/mol. The molecule has 1 atom stereocenters. The van der Waals surface area contributed by atoms with Crippen LogP contribution in [0.25, 0.3) is 0 Å². The van der Waals surface area contributed by atoms with Gasteiger partial charge in [0.25, 0.3) is 0 Å². The van der Waals surface area contributed by atoms with Gasteiger partial charge in [0.05, 0.1) is 13.2 Å². The molecule has 0 saturated heterocycles. The average Bonchev–Trinajstić information content (AvgIpc) is 2.60. The Labute approximate surface area is 138 Å². The summed E-state index contributed by atoms with van der Waals surface area (Å²) < 4.78 is 0. The number of guanidine groups is 1. The Morgan fingerprint density at radius 3 is 2.39 bits per heavy atom. The zero-order chi connectivity index (χ0) is 16.7. The number of nitrogens with zero attached hydrogens (tertiary/aromatic N) is 1. The molecule has 4 heteroatoms. The fourth-order valence-electron chi connectivity index (χ4n) is 2.35. The van der Waals surface area contributed by atoms with Crippen molar-refractivity contribution in [1.82, 2.24) is 0 Å². The van der Waals surface area contributed by atoms with Gasteiger partial charge in [0.1, 0.15) is 0 Å². The quantitative estimate of drug-likeness (QED) is 0.563. The molecule has 0 spiro atoms. The Kier molecular flexibility index (Phi) is 6.18. The van der Waals surface area contributed by atoms with Gasteiger partial charge in [0.2, 0.25) is 0 Å². The van der Waals surface area contributed by atoms with E-state index in [1.54, 1.807) is 0 Å². The summed E-state index contributed by atoms with van der Waals surface area (Å²) in [7, 11) is 0. The van der Waals surface area contributed by atoms with Crippen molar-refractivity contribution in [2.75, 3.05) is 5.32 Å². The van der Waals surface area contributed by atoms with E-state index >= 15 is 0 Å². The molecule has 0 radical (unpaired) electrons. The van der Waals surface area contributed by atoms with Crippen LogP contribution in [-0.4, -0.2) is 11.1 Å². The van der Waals surface area contributed by atoms with Gasteiger partial charge >= 0.3 is 0 Å². The van der Waals surface area contributed by atoms with Crippen molar-refractivity contribution in [2.24, 2.45) is 10.7 Å². The predicted molar refractivity (Wildman–Crippen MR) is 96.5 cm³/mol. The van der Waals surface area contributed by atoms with Crippen LogP contribution in [0.5, 0.6) is 0 Å². The van der Waals surface area contributed by atoms with Gasteiger partial charge in [0, 0.05) is 5.69 Å². The number of hydrogen-bond acceptors (Lipinski definition) is 2. The molecular formula is C19H25N3O. The predicted octanol–water partition coefficient (Wildman–Crippen LogP) is 3.62. The minimum Gasteiger partial charge on any atom is -0.392 e.